The number of aryl methyl sites for hydroxylation is 2. The van der Waals surface area contributed by atoms with Crippen molar-refractivity contribution in [3.63, 3.8) is 0 Å². The molecule has 0 saturated carbocycles. The van der Waals surface area contributed by atoms with E-state index >= 15 is 0 Å². The molecule has 0 atom stereocenters. The highest BCUT2D eigenvalue weighted by atomic mass is 35.5. The topological polar surface area (TPSA) is 66.9 Å². The lowest BCUT2D eigenvalue weighted by atomic mass is 10.1. The fourth-order valence-electron chi connectivity index (χ4n) is 2.40. The molecule has 0 aliphatic heterocycles. The standard InChI is InChI=1S/C19H16Cl2N4O/c1-11-3-6-15(12(2)9-11)24-19-22-8-7-16(25-19)18(26)23-17-10-13(20)4-5-14(17)21/h3-10H,1-2H3,(H,23,26)(H,22,24,25). The molecule has 2 aromatic carbocycles. The van der Waals surface area contributed by atoms with Crippen LogP contribution in [0.15, 0.2) is 48.7 Å². The van der Waals surface area contributed by atoms with E-state index < -0.39 is 5.91 Å². The Hall–Kier alpha value is -2.63. The summed E-state index contributed by atoms with van der Waals surface area (Å²) in [5.74, 6) is -0.0676. The summed E-state index contributed by atoms with van der Waals surface area (Å²) in [6.07, 6.45) is 1.52. The van der Waals surface area contributed by atoms with Crippen LogP contribution < -0.4 is 10.6 Å². The molecule has 2 N–H and O–H groups in total. The molecule has 7 heteroatoms. The molecule has 3 rings (SSSR count). The molecule has 132 valence electrons. The molecule has 0 aliphatic rings. The Morgan fingerprint density at radius 3 is 2.58 bits per heavy atom. The molecule has 26 heavy (non-hydrogen) atoms. The van der Waals surface area contributed by atoms with Crippen molar-refractivity contribution in [2.75, 3.05) is 10.6 Å². The number of rotatable bonds is 4. The molecule has 0 aliphatic carbocycles. The number of aromatic nitrogens is 2. The molecule has 5 nitrogen and oxygen atoms in total. The molecule has 1 aromatic heterocycles. The Morgan fingerprint density at radius 2 is 1.81 bits per heavy atom. The summed E-state index contributed by atoms with van der Waals surface area (Å²) in [5, 5.41) is 6.70. The first-order valence-electron chi connectivity index (χ1n) is 7.86. The van der Waals surface area contributed by atoms with E-state index in [0.29, 0.717) is 21.7 Å². The monoisotopic (exact) mass is 386 g/mol. The molecule has 0 saturated heterocycles. The van der Waals surface area contributed by atoms with Gasteiger partial charge in [-0.15, -0.1) is 0 Å². The summed E-state index contributed by atoms with van der Waals surface area (Å²) in [6, 6.07) is 12.4. The van der Waals surface area contributed by atoms with Crippen LogP contribution in [-0.2, 0) is 0 Å². The summed E-state index contributed by atoms with van der Waals surface area (Å²) < 4.78 is 0. The normalized spacial score (nSPS) is 10.5. The first-order chi connectivity index (χ1) is 12.4. The van der Waals surface area contributed by atoms with Crippen molar-refractivity contribution in [3.8, 4) is 0 Å². The highest BCUT2D eigenvalue weighted by molar-refractivity contribution is 6.35. The van der Waals surface area contributed by atoms with E-state index in [0.717, 1.165) is 11.3 Å². The third kappa shape index (κ3) is 4.31. The number of nitrogens with zero attached hydrogens (tertiary/aromatic N) is 2. The number of anilines is 3. The lowest BCUT2D eigenvalue weighted by molar-refractivity contribution is 0.102. The second-order valence-electron chi connectivity index (χ2n) is 5.79. The van der Waals surface area contributed by atoms with Crippen LogP contribution in [0.25, 0.3) is 0 Å². The van der Waals surface area contributed by atoms with E-state index in [1.54, 1.807) is 18.2 Å². The third-order valence-electron chi connectivity index (χ3n) is 3.69. The third-order valence-corrected chi connectivity index (χ3v) is 4.26. The Labute approximate surface area is 161 Å². The van der Waals surface area contributed by atoms with Gasteiger partial charge in [0.25, 0.3) is 5.91 Å². The highest BCUT2D eigenvalue weighted by Crippen LogP contribution is 2.26. The fraction of sp³-hybridized carbons (Fsp3) is 0.105. The fourth-order valence-corrected chi connectivity index (χ4v) is 2.74. The van der Waals surface area contributed by atoms with Crippen LogP contribution in [0.2, 0.25) is 10.0 Å². The maximum absolute atomic E-state index is 12.5. The van der Waals surface area contributed by atoms with Gasteiger partial charge < -0.3 is 10.6 Å². The largest absolute Gasteiger partial charge is 0.324 e. The first kappa shape index (κ1) is 18.2. The zero-order valence-electron chi connectivity index (χ0n) is 14.2. The van der Waals surface area contributed by atoms with Crippen LogP contribution in [-0.4, -0.2) is 15.9 Å². The maximum Gasteiger partial charge on any atom is 0.274 e. The zero-order chi connectivity index (χ0) is 18.7. The van der Waals surface area contributed by atoms with Crippen molar-refractivity contribution in [1.29, 1.82) is 0 Å². The van der Waals surface area contributed by atoms with Crippen molar-refractivity contribution >= 4 is 46.4 Å². The van der Waals surface area contributed by atoms with Gasteiger partial charge >= 0.3 is 0 Å². The van der Waals surface area contributed by atoms with Crippen molar-refractivity contribution in [2.45, 2.75) is 13.8 Å². The number of carbonyl (C=O) groups excluding carboxylic acids is 1. The van der Waals surface area contributed by atoms with Crippen molar-refractivity contribution in [3.05, 3.63) is 75.5 Å². The average molecular weight is 387 g/mol. The number of halogens is 2. The molecular weight excluding hydrogens is 371 g/mol. The maximum atomic E-state index is 12.5. The summed E-state index contributed by atoms with van der Waals surface area (Å²) in [7, 11) is 0. The zero-order valence-corrected chi connectivity index (χ0v) is 15.7. The van der Waals surface area contributed by atoms with Crippen LogP contribution in [0, 0.1) is 13.8 Å². The van der Waals surface area contributed by atoms with E-state index in [1.165, 1.54) is 17.8 Å². The molecule has 0 radical (unpaired) electrons. The summed E-state index contributed by atoms with van der Waals surface area (Å²) >= 11 is 12.0. The van der Waals surface area contributed by atoms with E-state index in [4.69, 9.17) is 23.2 Å². The second kappa shape index (κ2) is 7.72. The Morgan fingerprint density at radius 1 is 1.00 bits per heavy atom. The van der Waals surface area contributed by atoms with Crippen molar-refractivity contribution in [2.24, 2.45) is 0 Å². The number of hydrogen-bond donors (Lipinski definition) is 2. The minimum Gasteiger partial charge on any atom is -0.324 e. The van der Waals surface area contributed by atoms with Gasteiger partial charge in [-0.05, 0) is 49.7 Å². The summed E-state index contributed by atoms with van der Waals surface area (Å²) in [4.78, 5) is 20.9. The van der Waals surface area contributed by atoms with Gasteiger partial charge in [0.1, 0.15) is 5.69 Å². The molecule has 0 unspecified atom stereocenters. The van der Waals surface area contributed by atoms with E-state index in [-0.39, 0.29) is 5.69 Å². The van der Waals surface area contributed by atoms with Crippen molar-refractivity contribution in [1.82, 2.24) is 9.97 Å². The quantitative estimate of drug-likeness (QED) is 0.629. The molecule has 3 aromatic rings. The predicted octanol–water partition coefficient (Wildman–Crippen LogP) is 5.40. The van der Waals surface area contributed by atoms with Gasteiger partial charge in [0.2, 0.25) is 5.95 Å². The molecular formula is C19H16Cl2N4O. The Kier molecular flexibility index (Phi) is 5.40. The van der Waals surface area contributed by atoms with Gasteiger partial charge in [0.15, 0.2) is 0 Å². The average Bonchev–Trinajstić information content (AvgIpc) is 2.61. The Balaban J connectivity index is 1.80. The lowest BCUT2D eigenvalue weighted by Gasteiger charge is -2.10. The van der Waals surface area contributed by atoms with Crippen LogP contribution in [0.1, 0.15) is 21.6 Å². The van der Waals surface area contributed by atoms with Crippen LogP contribution in [0.3, 0.4) is 0 Å². The van der Waals surface area contributed by atoms with E-state index in [9.17, 15) is 4.79 Å². The summed E-state index contributed by atoms with van der Waals surface area (Å²) in [6.45, 7) is 4.02. The molecule has 0 spiro atoms. The van der Waals surface area contributed by atoms with Crippen LogP contribution in [0.4, 0.5) is 17.3 Å². The van der Waals surface area contributed by atoms with Crippen LogP contribution >= 0.6 is 23.2 Å². The van der Waals surface area contributed by atoms with Gasteiger partial charge in [0, 0.05) is 16.9 Å². The first-order valence-corrected chi connectivity index (χ1v) is 8.62. The molecule has 1 heterocycles. The van der Waals surface area contributed by atoms with Gasteiger partial charge in [-0.1, -0.05) is 40.9 Å². The predicted molar refractivity (Wildman–Crippen MR) is 106 cm³/mol. The molecule has 1 amide bonds. The number of amides is 1. The minimum absolute atomic E-state index is 0.211. The van der Waals surface area contributed by atoms with Gasteiger partial charge in [-0.3, -0.25) is 4.79 Å². The van der Waals surface area contributed by atoms with Gasteiger partial charge in [-0.25, -0.2) is 9.97 Å². The number of nitrogens with one attached hydrogen (secondary N) is 2. The highest BCUT2D eigenvalue weighted by Gasteiger charge is 2.12. The second-order valence-corrected chi connectivity index (χ2v) is 6.63. The molecule has 0 bridgehead atoms. The Bertz CT molecular complexity index is 976. The van der Waals surface area contributed by atoms with Gasteiger partial charge in [-0.2, -0.15) is 0 Å². The SMILES string of the molecule is Cc1ccc(Nc2nccc(C(=O)Nc3cc(Cl)ccc3Cl)n2)c(C)c1. The van der Waals surface area contributed by atoms with E-state index in [1.807, 2.05) is 26.0 Å². The van der Waals surface area contributed by atoms with E-state index in [2.05, 4.69) is 26.7 Å². The number of benzene rings is 2. The smallest absolute Gasteiger partial charge is 0.274 e. The number of carbonyl (C=O) groups is 1. The number of hydrogen-bond acceptors (Lipinski definition) is 4. The minimum atomic E-state index is -0.403. The molecule has 0 fully saturated rings. The van der Waals surface area contributed by atoms with Crippen LogP contribution in [0.5, 0.6) is 0 Å². The van der Waals surface area contributed by atoms with Gasteiger partial charge in [0.05, 0.1) is 10.7 Å². The summed E-state index contributed by atoms with van der Waals surface area (Å²) in [5.41, 5.74) is 3.75. The lowest BCUT2D eigenvalue weighted by Crippen LogP contribution is -2.15. The van der Waals surface area contributed by atoms with Crippen molar-refractivity contribution < 1.29 is 4.79 Å².